The van der Waals surface area contributed by atoms with Gasteiger partial charge in [-0.3, -0.25) is 0 Å². The van der Waals surface area contributed by atoms with Crippen LogP contribution in [-0.4, -0.2) is 16.0 Å². The van der Waals surface area contributed by atoms with Crippen LogP contribution in [0.2, 0.25) is 0 Å². The van der Waals surface area contributed by atoms with Crippen molar-refractivity contribution in [2.75, 3.05) is 11.1 Å². The molecule has 0 saturated heterocycles. The zero-order chi connectivity index (χ0) is 10.1. The summed E-state index contributed by atoms with van der Waals surface area (Å²) in [6.07, 6.45) is 4.35. The Balaban J connectivity index is 2.02. The quantitative estimate of drug-likeness (QED) is 0.745. The molecule has 3 N–H and O–H groups in total. The van der Waals surface area contributed by atoms with Crippen molar-refractivity contribution in [2.24, 2.45) is 11.8 Å². The van der Waals surface area contributed by atoms with Crippen molar-refractivity contribution in [1.29, 1.82) is 0 Å². The van der Waals surface area contributed by atoms with Gasteiger partial charge < -0.3 is 11.1 Å². The van der Waals surface area contributed by atoms with Crippen molar-refractivity contribution in [1.82, 2.24) is 9.97 Å². The number of rotatable bonds is 2. The van der Waals surface area contributed by atoms with E-state index in [0.29, 0.717) is 17.6 Å². The third-order valence-corrected chi connectivity index (χ3v) is 3.22. The maximum absolute atomic E-state index is 5.74. The number of hydrogen-bond donors (Lipinski definition) is 2. The number of anilines is 2. The molecule has 1 aliphatic carbocycles. The Morgan fingerprint density at radius 3 is 2.86 bits per heavy atom. The van der Waals surface area contributed by atoms with Gasteiger partial charge in [0.15, 0.2) is 5.82 Å². The first-order chi connectivity index (χ1) is 6.68. The molecule has 2 rings (SSSR count). The van der Waals surface area contributed by atoms with Crippen molar-refractivity contribution in [3.63, 3.8) is 0 Å². The smallest absolute Gasteiger partial charge is 0.152 e. The number of nitrogens with one attached hydrogen (secondary N) is 1. The Bertz CT molecular complexity index is 326. The molecule has 0 amide bonds. The lowest BCUT2D eigenvalue weighted by Gasteiger charge is -2.41. The van der Waals surface area contributed by atoms with E-state index in [-0.39, 0.29) is 0 Å². The molecular formula is C10H16N4. The van der Waals surface area contributed by atoms with Gasteiger partial charge in [-0.1, -0.05) is 13.8 Å². The highest BCUT2D eigenvalue weighted by atomic mass is 15.1. The zero-order valence-electron chi connectivity index (χ0n) is 8.57. The zero-order valence-corrected chi connectivity index (χ0v) is 8.57. The molecule has 0 radical (unpaired) electrons. The molecule has 1 heterocycles. The predicted octanol–water partition coefficient (Wildman–Crippen LogP) is 1.52. The van der Waals surface area contributed by atoms with E-state index in [0.717, 1.165) is 11.7 Å². The molecule has 1 aromatic heterocycles. The van der Waals surface area contributed by atoms with Gasteiger partial charge in [-0.05, 0) is 18.3 Å². The number of nitrogens with zero attached hydrogens (tertiary/aromatic N) is 2. The van der Waals surface area contributed by atoms with Gasteiger partial charge in [0.05, 0.1) is 11.9 Å². The van der Waals surface area contributed by atoms with E-state index in [1.807, 2.05) is 0 Å². The van der Waals surface area contributed by atoms with E-state index in [9.17, 15) is 0 Å². The molecule has 0 aliphatic heterocycles. The third-order valence-electron chi connectivity index (χ3n) is 3.22. The largest absolute Gasteiger partial charge is 0.394 e. The number of nitrogen functional groups attached to an aromatic ring is 1. The Morgan fingerprint density at radius 2 is 2.29 bits per heavy atom. The van der Waals surface area contributed by atoms with Gasteiger partial charge in [0, 0.05) is 6.04 Å². The van der Waals surface area contributed by atoms with Crippen LogP contribution in [0.25, 0.3) is 0 Å². The van der Waals surface area contributed by atoms with Crippen molar-refractivity contribution < 1.29 is 0 Å². The van der Waals surface area contributed by atoms with E-state index < -0.39 is 0 Å². The highest BCUT2D eigenvalue weighted by molar-refractivity contribution is 5.59. The maximum atomic E-state index is 5.74. The molecule has 76 valence electrons. The molecule has 0 spiro atoms. The van der Waals surface area contributed by atoms with Gasteiger partial charge in [-0.15, -0.1) is 0 Å². The van der Waals surface area contributed by atoms with Crippen molar-refractivity contribution in [3.8, 4) is 0 Å². The normalized spacial score (nSPS) is 30.9. The predicted molar refractivity (Wildman–Crippen MR) is 56.8 cm³/mol. The van der Waals surface area contributed by atoms with Crippen LogP contribution in [0.4, 0.5) is 11.5 Å². The molecule has 14 heavy (non-hydrogen) atoms. The summed E-state index contributed by atoms with van der Waals surface area (Å²) in [5.41, 5.74) is 6.36. The molecule has 4 heteroatoms. The van der Waals surface area contributed by atoms with Crippen molar-refractivity contribution >= 4 is 11.5 Å². The number of aromatic nitrogens is 2. The van der Waals surface area contributed by atoms with Crippen LogP contribution in [0.5, 0.6) is 0 Å². The molecule has 4 nitrogen and oxygen atoms in total. The van der Waals surface area contributed by atoms with Crippen LogP contribution in [0, 0.1) is 11.8 Å². The minimum Gasteiger partial charge on any atom is -0.394 e. The van der Waals surface area contributed by atoms with E-state index in [2.05, 4.69) is 29.1 Å². The first-order valence-corrected chi connectivity index (χ1v) is 5.00. The summed E-state index contributed by atoms with van der Waals surface area (Å²) < 4.78 is 0. The summed E-state index contributed by atoms with van der Waals surface area (Å²) in [5.74, 6) is 2.27. The standard InChI is InChI=1S/C10H16N4/c1-6-3-9(7(6)2)14-10-8(11)4-12-5-13-10/h4-7,9H,3,11H2,1-2H3,(H,12,13,14). The van der Waals surface area contributed by atoms with Crippen LogP contribution in [-0.2, 0) is 0 Å². The monoisotopic (exact) mass is 192 g/mol. The van der Waals surface area contributed by atoms with Gasteiger partial charge in [-0.25, -0.2) is 9.97 Å². The van der Waals surface area contributed by atoms with E-state index in [1.165, 1.54) is 12.7 Å². The number of hydrogen-bond acceptors (Lipinski definition) is 4. The van der Waals surface area contributed by atoms with Crippen LogP contribution >= 0.6 is 0 Å². The van der Waals surface area contributed by atoms with Crippen LogP contribution in [0.1, 0.15) is 20.3 Å². The van der Waals surface area contributed by atoms with Crippen molar-refractivity contribution in [2.45, 2.75) is 26.3 Å². The van der Waals surface area contributed by atoms with Gasteiger partial charge in [0.25, 0.3) is 0 Å². The average molecular weight is 192 g/mol. The number of nitrogens with two attached hydrogens (primary N) is 1. The average Bonchev–Trinajstić information content (AvgIpc) is 2.20. The highest BCUT2D eigenvalue weighted by Crippen LogP contribution is 2.36. The molecule has 1 saturated carbocycles. The lowest BCUT2D eigenvalue weighted by Crippen LogP contribution is -2.43. The van der Waals surface area contributed by atoms with Crippen LogP contribution in [0.3, 0.4) is 0 Å². The van der Waals surface area contributed by atoms with Crippen molar-refractivity contribution in [3.05, 3.63) is 12.5 Å². The van der Waals surface area contributed by atoms with Gasteiger partial charge in [0.1, 0.15) is 6.33 Å². The van der Waals surface area contributed by atoms with Crippen LogP contribution in [0.15, 0.2) is 12.5 Å². The topological polar surface area (TPSA) is 63.8 Å². The fourth-order valence-electron chi connectivity index (χ4n) is 1.86. The Morgan fingerprint density at radius 1 is 1.50 bits per heavy atom. The van der Waals surface area contributed by atoms with Gasteiger partial charge >= 0.3 is 0 Å². The van der Waals surface area contributed by atoms with E-state index in [1.54, 1.807) is 6.20 Å². The molecule has 3 unspecified atom stereocenters. The lowest BCUT2D eigenvalue weighted by molar-refractivity contribution is 0.188. The lowest BCUT2D eigenvalue weighted by atomic mass is 9.71. The Labute approximate surface area is 83.9 Å². The second-order valence-corrected chi connectivity index (χ2v) is 4.15. The second kappa shape index (κ2) is 3.44. The molecule has 0 aromatic carbocycles. The summed E-state index contributed by atoms with van der Waals surface area (Å²) in [5, 5.41) is 3.35. The van der Waals surface area contributed by atoms with E-state index >= 15 is 0 Å². The molecular weight excluding hydrogens is 176 g/mol. The fraction of sp³-hybridized carbons (Fsp3) is 0.600. The maximum Gasteiger partial charge on any atom is 0.152 e. The summed E-state index contributed by atoms with van der Waals surface area (Å²) in [4.78, 5) is 7.97. The first-order valence-electron chi connectivity index (χ1n) is 5.00. The molecule has 0 bridgehead atoms. The van der Waals surface area contributed by atoms with Crippen LogP contribution < -0.4 is 11.1 Å². The third kappa shape index (κ3) is 1.52. The minimum absolute atomic E-state index is 0.516. The van der Waals surface area contributed by atoms with Gasteiger partial charge in [0.2, 0.25) is 0 Å². The molecule has 3 atom stereocenters. The Hall–Kier alpha value is -1.32. The van der Waals surface area contributed by atoms with Gasteiger partial charge in [-0.2, -0.15) is 0 Å². The summed E-state index contributed by atoms with van der Waals surface area (Å²) in [7, 11) is 0. The SMILES string of the molecule is CC1CC(Nc2ncncc2N)C1C. The Kier molecular flexibility index (Phi) is 2.27. The second-order valence-electron chi connectivity index (χ2n) is 4.15. The summed E-state index contributed by atoms with van der Waals surface area (Å²) in [6, 6.07) is 0.516. The highest BCUT2D eigenvalue weighted by Gasteiger charge is 2.34. The molecule has 1 fully saturated rings. The molecule has 1 aromatic rings. The first kappa shape index (κ1) is 9.24. The fourth-order valence-corrected chi connectivity index (χ4v) is 1.86. The summed E-state index contributed by atoms with van der Waals surface area (Å²) in [6.45, 7) is 4.52. The minimum atomic E-state index is 0.516. The molecule has 1 aliphatic rings. The summed E-state index contributed by atoms with van der Waals surface area (Å²) >= 11 is 0. The van der Waals surface area contributed by atoms with E-state index in [4.69, 9.17) is 5.73 Å².